The number of piperazine rings is 1. The smallest absolute Gasteiger partial charge is 0.0521 e. The predicted octanol–water partition coefficient (Wildman–Crippen LogP) is 0.779. The van der Waals surface area contributed by atoms with Gasteiger partial charge in [0.1, 0.15) is 0 Å². The Bertz CT molecular complexity index is 299. The molecular formula is C15H29N3O. The summed E-state index contributed by atoms with van der Waals surface area (Å²) in [5.74, 6) is 0.661. The summed E-state index contributed by atoms with van der Waals surface area (Å²) in [5.41, 5.74) is 0. The summed E-state index contributed by atoms with van der Waals surface area (Å²) < 4.78 is 5.70. The van der Waals surface area contributed by atoms with E-state index in [1.165, 1.54) is 45.4 Å². The summed E-state index contributed by atoms with van der Waals surface area (Å²) in [5, 5.41) is 3.49. The van der Waals surface area contributed by atoms with E-state index in [9.17, 15) is 0 Å². The molecule has 0 bridgehead atoms. The van der Waals surface area contributed by atoms with Crippen LogP contribution in [0.4, 0.5) is 0 Å². The molecule has 0 aliphatic carbocycles. The zero-order valence-corrected chi connectivity index (χ0v) is 12.5. The monoisotopic (exact) mass is 267 g/mol. The van der Waals surface area contributed by atoms with Gasteiger partial charge in [0.15, 0.2) is 0 Å². The summed E-state index contributed by atoms with van der Waals surface area (Å²) in [6.45, 7) is 9.33. The van der Waals surface area contributed by atoms with Crippen molar-refractivity contribution in [3.8, 4) is 0 Å². The lowest BCUT2D eigenvalue weighted by Gasteiger charge is -2.45. The van der Waals surface area contributed by atoms with E-state index in [1.54, 1.807) is 0 Å². The lowest BCUT2D eigenvalue weighted by Crippen LogP contribution is -2.57. The van der Waals surface area contributed by atoms with Crippen LogP contribution in [-0.2, 0) is 4.74 Å². The van der Waals surface area contributed by atoms with Gasteiger partial charge in [-0.15, -0.1) is 0 Å². The van der Waals surface area contributed by atoms with Crippen LogP contribution in [0.5, 0.6) is 0 Å². The van der Waals surface area contributed by atoms with Gasteiger partial charge in [0.2, 0.25) is 0 Å². The number of fused-ring (bicyclic) bond motifs is 1. The molecule has 110 valence electrons. The standard InChI is InChI=1S/C15H29N3O/c1-12-8-17-6-3-4-14(17)10-18(12)9-13-11-19-7-5-15(13)16-2/h12-16H,3-11H2,1-2H3. The van der Waals surface area contributed by atoms with Crippen molar-refractivity contribution in [1.82, 2.24) is 15.1 Å². The Labute approximate surface area is 117 Å². The second kappa shape index (κ2) is 6.08. The van der Waals surface area contributed by atoms with Gasteiger partial charge in [0, 0.05) is 50.3 Å². The van der Waals surface area contributed by atoms with E-state index in [-0.39, 0.29) is 0 Å². The van der Waals surface area contributed by atoms with Crippen molar-refractivity contribution >= 4 is 0 Å². The van der Waals surface area contributed by atoms with Crippen LogP contribution in [0.1, 0.15) is 26.2 Å². The van der Waals surface area contributed by atoms with Crippen LogP contribution in [0, 0.1) is 5.92 Å². The number of ether oxygens (including phenoxy) is 1. The molecule has 4 nitrogen and oxygen atoms in total. The Kier molecular flexibility index (Phi) is 4.42. The number of hydrogen-bond acceptors (Lipinski definition) is 4. The third kappa shape index (κ3) is 2.97. The molecule has 3 saturated heterocycles. The number of hydrogen-bond donors (Lipinski definition) is 1. The lowest BCUT2D eigenvalue weighted by atomic mass is 9.94. The van der Waals surface area contributed by atoms with Crippen molar-refractivity contribution < 1.29 is 4.74 Å². The summed E-state index contributed by atoms with van der Waals surface area (Å²) in [7, 11) is 2.10. The average Bonchev–Trinajstić information content (AvgIpc) is 2.87. The van der Waals surface area contributed by atoms with Crippen LogP contribution >= 0.6 is 0 Å². The minimum absolute atomic E-state index is 0.641. The minimum atomic E-state index is 0.641. The van der Waals surface area contributed by atoms with Gasteiger partial charge in [-0.3, -0.25) is 9.80 Å². The van der Waals surface area contributed by atoms with Gasteiger partial charge >= 0.3 is 0 Å². The molecule has 0 amide bonds. The molecule has 0 aromatic heterocycles. The van der Waals surface area contributed by atoms with E-state index < -0.39 is 0 Å². The molecular weight excluding hydrogens is 238 g/mol. The summed E-state index contributed by atoms with van der Waals surface area (Å²) in [6.07, 6.45) is 3.97. The van der Waals surface area contributed by atoms with Crippen molar-refractivity contribution in [2.24, 2.45) is 5.92 Å². The van der Waals surface area contributed by atoms with Gasteiger partial charge in [0.05, 0.1) is 6.61 Å². The van der Waals surface area contributed by atoms with E-state index in [0.717, 1.165) is 19.3 Å². The molecule has 0 aromatic carbocycles. The third-order valence-corrected chi connectivity index (χ3v) is 5.38. The zero-order chi connectivity index (χ0) is 13.2. The average molecular weight is 267 g/mol. The molecule has 0 saturated carbocycles. The maximum absolute atomic E-state index is 5.70. The Morgan fingerprint density at radius 1 is 1.26 bits per heavy atom. The van der Waals surface area contributed by atoms with E-state index in [1.807, 2.05) is 0 Å². The molecule has 3 fully saturated rings. The minimum Gasteiger partial charge on any atom is -0.381 e. The number of rotatable bonds is 3. The maximum atomic E-state index is 5.70. The summed E-state index contributed by atoms with van der Waals surface area (Å²) in [4.78, 5) is 5.42. The van der Waals surface area contributed by atoms with Crippen LogP contribution in [0.15, 0.2) is 0 Å². The molecule has 4 heteroatoms. The first-order valence-electron chi connectivity index (χ1n) is 8.01. The molecule has 0 radical (unpaired) electrons. The van der Waals surface area contributed by atoms with Crippen LogP contribution in [0.2, 0.25) is 0 Å². The van der Waals surface area contributed by atoms with Gasteiger partial charge < -0.3 is 10.1 Å². The third-order valence-electron chi connectivity index (χ3n) is 5.38. The highest BCUT2D eigenvalue weighted by Gasteiger charge is 2.36. The van der Waals surface area contributed by atoms with E-state index >= 15 is 0 Å². The Balaban J connectivity index is 1.58. The highest BCUT2D eigenvalue weighted by Crippen LogP contribution is 2.26. The van der Waals surface area contributed by atoms with Crippen LogP contribution in [0.3, 0.4) is 0 Å². The first kappa shape index (κ1) is 13.8. The van der Waals surface area contributed by atoms with Crippen molar-refractivity contribution in [2.45, 2.75) is 44.3 Å². The molecule has 19 heavy (non-hydrogen) atoms. The fourth-order valence-corrected chi connectivity index (χ4v) is 4.16. The van der Waals surface area contributed by atoms with Crippen molar-refractivity contribution in [3.63, 3.8) is 0 Å². The van der Waals surface area contributed by atoms with Crippen LogP contribution in [0.25, 0.3) is 0 Å². The Hall–Kier alpha value is -0.160. The fraction of sp³-hybridized carbons (Fsp3) is 1.00. The Morgan fingerprint density at radius 2 is 2.16 bits per heavy atom. The number of nitrogens with zero attached hydrogens (tertiary/aromatic N) is 2. The normalized spacial score (nSPS) is 41.4. The largest absolute Gasteiger partial charge is 0.381 e. The molecule has 3 aliphatic rings. The molecule has 1 N–H and O–H groups in total. The molecule has 3 rings (SSSR count). The molecule has 4 unspecified atom stereocenters. The molecule has 3 aliphatic heterocycles. The summed E-state index contributed by atoms with van der Waals surface area (Å²) in [6, 6.07) is 2.17. The van der Waals surface area contributed by atoms with Gasteiger partial charge in [0.25, 0.3) is 0 Å². The van der Waals surface area contributed by atoms with Crippen molar-refractivity contribution in [3.05, 3.63) is 0 Å². The molecule has 0 spiro atoms. The van der Waals surface area contributed by atoms with Gasteiger partial charge in [-0.2, -0.15) is 0 Å². The van der Waals surface area contributed by atoms with Crippen molar-refractivity contribution in [2.75, 3.05) is 46.4 Å². The first-order valence-corrected chi connectivity index (χ1v) is 8.01. The molecule has 0 aromatic rings. The maximum Gasteiger partial charge on any atom is 0.0521 e. The predicted molar refractivity (Wildman–Crippen MR) is 77.4 cm³/mol. The fourth-order valence-electron chi connectivity index (χ4n) is 4.16. The highest BCUT2D eigenvalue weighted by atomic mass is 16.5. The molecule has 4 atom stereocenters. The van der Waals surface area contributed by atoms with Crippen LogP contribution in [-0.4, -0.2) is 74.4 Å². The van der Waals surface area contributed by atoms with E-state index in [4.69, 9.17) is 4.74 Å². The lowest BCUT2D eigenvalue weighted by molar-refractivity contribution is -0.00850. The second-order valence-electron chi connectivity index (χ2n) is 6.61. The van der Waals surface area contributed by atoms with E-state index in [0.29, 0.717) is 18.0 Å². The first-order chi connectivity index (χ1) is 9.28. The van der Waals surface area contributed by atoms with Gasteiger partial charge in [-0.1, -0.05) is 0 Å². The topological polar surface area (TPSA) is 27.7 Å². The Morgan fingerprint density at radius 3 is 3.00 bits per heavy atom. The van der Waals surface area contributed by atoms with E-state index in [2.05, 4.69) is 29.1 Å². The van der Waals surface area contributed by atoms with Gasteiger partial charge in [-0.05, 0) is 39.8 Å². The SMILES string of the molecule is CNC1CCOCC1CN1CC2CCCN2CC1C. The summed E-state index contributed by atoms with van der Waals surface area (Å²) >= 11 is 0. The molecule has 3 heterocycles. The number of nitrogens with one attached hydrogen (secondary N) is 1. The van der Waals surface area contributed by atoms with Gasteiger partial charge in [-0.25, -0.2) is 0 Å². The van der Waals surface area contributed by atoms with Crippen LogP contribution < -0.4 is 5.32 Å². The highest BCUT2D eigenvalue weighted by molar-refractivity contribution is 4.92. The zero-order valence-electron chi connectivity index (χ0n) is 12.5. The quantitative estimate of drug-likeness (QED) is 0.818. The second-order valence-corrected chi connectivity index (χ2v) is 6.61. The van der Waals surface area contributed by atoms with Crippen molar-refractivity contribution in [1.29, 1.82) is 0 Å².